The quantitative estimate of drug-likeness (QED) is 0.0222. The van der Waals surface area contributed by atoms with Crippen molar-refractivity contribution >= 4 is 41.6 Å². The van der Waals surface area contributed by atoms with Gasteiger partial charge in [0.25, 0.3) is 0 Å². The van der Waals surface area contributed by atoms with Crippen molar-refractivity contribution in [2.24, 2.45) is 22.2 Å². The summed E-state index contributed by atoms with van der Waals surface area (Å²) in [5.41, 5.74) is 17.8. The molecule has 3 aromatic heterocycles. The summed E-state index contributed by atoms with van der Waals surface area (Å²) in [4.78, 5) is 64.5. The van der Waals surface area contributed by atoms with Gasteiger partial charge in [-0.05, 0) is 38.6 Å². The van der Waals surface area contributed by atoms with E-state index in [1.54, 1.807) is 31.6 Å². The van der Waals surface area contributed by atoms with Gasteiger partial charge in [0.05, 0.1) is 50.8 Å². The Labute approximate surface area is 372 Å². The highest BCUT2D eigenvalue weighted by Gasteiger charge is 2.31. The van der Waals surface area contributed by atoms with E-state index in [-0.39, 0.29) is 43.8 Å². The number of ether oxygens (including phenoxy) is 3. The molecule has 5 heterocycles. The SMILES string of the molecule is C#CCOCCOCCOCCNc1nc(N2CCN(C(=O)Cn3cc(CCCN=C(N)N)nn3)CC2)nc(N2CCN(C(=O)C(CCCCN)n3cc(CCC(=O)O)nn3)CC2)n1. The number of aryl methyl sites for hydroxylation is 2. The van der Waals surface area contributed by atoms with Crippen molar-refractivity contribution in [2.45, 2.75) is 57.5 Å². The standard InChI is InChI=1S/C39H62N18O7/c1-2-21-62-23-25-64-26-24-63-22-12-44-37-45-38(54-17-13-52(14-18-54)33(58)29-56-27-30(48-50-56)6-5-11-43-36(41)42)47-39(46-37)55-19-15-53(16-20-55)35(61)32(7-3-4-10-40)57-28-31(49-51-57)8-9-34(59)60/h1,27-28,32H,3-26,29,40H2,(H,59,60)(H4,41,42,43)(H,44,45,46,47). The molecule has 2 saturated heterocycles. The summed E-state index contributed by atoms with van der Waals surface area (Å²) >= 11 is 0. The maximum Gasteiger partial charge on any atom is 0.303 e. The second-order valence-electron chi connectivity index (χ2n) is 15.0. The number of hydrogen-bond acceptors (Lipinski definition) is 18. The van der Waals surface area contributed by atoms with Crippen LogP contribution in [0.25, 0.3) is 0 Å². The number of unbranched alkanes of at least 4 members (excludes halogenated alkanes) is 1. The summed E-state index contributed by atoms with van der Waals surface area (Å²) in [7, 11) is 0. The number of guanidine groups is 1. The number of aliphatic carboxylic acids is 1. The van der Waals surface area contributed by atoms with E-state index in [2.05, 4.69) is 36.9 Å². The molecular weight excluding hydrogens is 833 g/mol. The van der Waals surface area contributed by atoms with E-state index in [1.807, 2.05) is 9.80 Å². The van der Waals surface area contributed by atoms with E-state index < -0.39 is 12.0 Å². The molecular formula is C39H62N18O7. The third-order valence-electron chi connectivity index (χ3n) is 10.3. The molecule has 0 bridgehead atoms. The maximum absolute atomic E-state index is 14.0. The van der Waals surface area contributed by atoms with Crippen molar-refractivity contribution in [3.63, 3.8) is 0 Å². The highest BCUT2D eigenvalue weighted by Crippen LogP contribution is 2.23. The Morgan fingerprint density at radius 2 is 1.45 bits per heavy atom. The fourth-order valence-electron chi connectivity index (χ4n) is 6.92. The molecule has 0 aliphatic carbocycles. The van der Waals surface area contributed by atoms with Gasteiger partial charge < -0.3 is 61.4 Å². The third kappa shape index (κ3) is 16.2. The Kier molecular flexibility index (Phi) is 20.1. The summed E-state index contributed by atoms with van der Waals surface area (Å²) in [6.07, 6.45) is 12.1. The lowest BCUT2D eigenvalue weighted by Crippen LogP contribution is -2.51. The third-order valence-corrected chi connectivity index (χ3v) is 10.3. The molecule has 2 aliphatic rings. The van der Waals surface area contributed by atoms with Gasteiger partial charge in [-0.25, -0.2) is 9.36 Å². The number of carbonyl (C=O) groups is 3. The lowest BCUT2D eigenvalue weighted by Gasteiger charge is -2.37. The maximum atomic E-state index is 14.0. The van der Waals surface area contributed by atoms with Crippen LogP contribution in [0.4, 0.5) is 17.8 Å². The number of amides is 2. The monoisotopic (exact) mass is 895 g/mol. The molecule has 25 nitrogen and oxygen atoms in total. The first-order valence-electron chi connectivity index (χ1n) is 21.6. The second-order valence-corrected chi connectivity index (χ2v) is 15.0. The van der Waals surface area contributed by atoms with Crippen molar-refractivity contribution in [3.8, 4) is 12.3 Å². The first kappa shape index (κ1) is 48.8. The number of carboxylic acid groups (broad SMARTS) is 1. The van der Waals surface area contributed by atoms with Crippen LogP contribution in [0, 0.1) is 12.3 Å². The van der Waals surface area contributed by atoms with Gasteiger partial charge in [0.2, 0.25) is 29.7 Å². The number of aliphatic imine (C=N–C) groups is 1. The van der Waals surface area contributed by atoms with E-state index in [4.69, 9.17) is 57.9 Å². The number of nitrogens with zero attached hydrogens (tertiary/aromatic N) is 14. The topological polar surface area (TPSA) is 315 Å². The van der Waals surface area contributed by atoms with E-state index >= 15 is 0 Å². The van der Waals surface area contributed by atoms with Crippen LogP contribution in [0.15, 0.2) is 17.4 Å². The summed E-state index contributed by atoms with van der Waals surface area (Å²) < 4.78 is 19.5. The van der Waals surface area contributed by atoms with Crippen LogP contribution < -0.4 is 32.3 Å². The molecule has 3 aromatic rings. The number of hydrogen-bond donors (Lipinski definition) is 5. The zero-order valence-corrected chi connectivity index (χ0v) is 36.4. The van der Waals surface area contributed by atoms with Gasteiger partial charge >= 0.3 is 5.97 Å². The molecule has 2 amide bonds. The Bertz CT molecular complexity index is 1970. The first-order chi connectivity index (χ1) is 31.1. The minimum atomic E-state index is -0.930. The van der Waals surface area contributed by atoms with Crippen LogP contribution in [0.2, 0.25) is 0 Å². The largest absolute Gasteiger partial charge is 0.481 e. The average Bonchev–Trinajstić information content (AvgIpc) is 3.97. The molecule has 0 saturated carbocycles. The number of nitrogens with two attached hydrogens (primary N) is 3. The van der Waals surface area contributed by atoms with Crippen LogP contribution >= 0.6 is 0 Å². The Morgan fingerprint density at radius 1 is 0.812 bits per heavy atom. The minimum Gasteiger partial charge on any atom is -0.481 e. The van der Waals surface area contributed by atoms with Gasteiger partial charge in [-0.3, -0.25) is 19.4 Å². The molecule has 64 heavy (non-hydrogen) atoms. The fourth-order valence-corrected chi connectivity index (χ4v) is 6.92. The Hall–Kier alpha value is -6.23. The minimum absolute atomic E-state index is 0.0448. The summed E-state index contributed by atoms with van der Waals surface area (Å²) in [6, 6.07) is -0.599. The van der Waals surface area contributed by atoms with Gasteiger partial charge in [0, 0.05) is 84.3 Å². The number of rotatable bonds is 28. The van der Waals surface area contributed by atoms with Crippen LogP contribution in [0.5, 0.6) is 0 Å². The van der Waals surface area contributed by atoms with Gasteiger partial charge in [-0.2, -0.15) is 15.0 Å². The highest BCUT2D eigenvalue weighted by molar-refractivity contribution is 5.80. The highest BCUT2D eigenvalue weighted by atomic mass is 16.5. The lowest BCUT2D eigenvalue weighted by atomic mass is 10.1. The van der Waals surface area contributed by atoms with Gasteiger partial charge in [-0.15, -0.1) is 16.6 Å². The number of nitrogens with one attached hydrogen (secondary N) is 1. The molecule has 1 atom stereocenters. The van der Waals surface area contributed by atoms with E-state index in [1.165, 1.54) is 0 Å². The van der Waals surface area contributed by atoms with Crippen molar-refractivity contribution in [2.75, 3.05) is 127 Å². The smallest absolute Gasteiger partial charge is 0.303 e. The number of carboxylic acids is 1. The molecule has 5 rings (SSSR count). The Balaban J connectivity index is 1.19. The molecule has 2 aliphatic heterocycles. The van der Waals surface area contributed by atoms with Crippen molar-refractivity contribution in [3.05, 3.63) is 23.8 Å². The van der Waals surface area contributed by atoms with Crippen molar-refractivity contribution in [1.82, 2.24) is 54.7 Å². The second kappa shape index (κ2) is 26.4. The predicted octanol–water partition coefficient (Wildman–Crippen LogP) is -2.26. The molecule has 8 N–H and O–H groups in total. The molecule has 25 heteroatoms. The Morgan fingerprint density at radius 3 is 2.11 bits per heavy atom. The van der Waals surface area contributed by atoms with Crippen LogP contribution in [0.1, 0.15) is 49.5 Å². The molecule has 0 radical (unpaired) electrons. The van der Waals surface area contributed by atoms with Crippen LogP contribution in [0.3, 0.4) is 0 Å². The van der Waals surface area contributed by atoms with Crippen LogP contribution in [-0.4, -0.2) is 195 Å². The number of carbonyl (C=O) groups excluding carboxylic acids is 2. The summed E-state index contributed by atoms with van der Waals surface area (Å²) in [5.74, 6) is 2.65. The van der Waals surface area contributed by atoms with Crippen molar-refractivity contribution in [1.29, 1.82) is 0 Å². The number of aromatic nitrogens is 9. The van der Waals surface area contributed by atoms with E-state index in [0.29, 0.717) is 148 Å². The molecule has 0 spiro atoms. The predicted molar refractivity (Wildman–Crippen MR) is 234 cm³/mol. The number of anilines is 3. The molecule has 350 valence electrons. The van der Waals surface area contributed by atoms with E-state index in [9.17, 15) is 14.4 Å². The summed E-state index contributed by atoms with van der Waals surface area (Å²) in [6.45, 7) is 7.37. The number of piperazine rings is 2. The van der Waals surface area contributed by atoms with Gasteiger partial charge in [0.1, 0.15) is 19.2 Å². The summed E-state index contributed by atoms with van der Waals surface area (Å²) in [5, 5.41) is 29.0. The van der Waals surface area contributed by atoms with Gasteiger partial charge in [-0.1, -0.05) is 16.3 Å². The van der Waals surface area contributed by atoms with Crippen LogP contribution in [-0.2, 0) is 48.0 Å². The zero-order chi connectivity index (χ0) is 45.5. The van der Waals surface area contributed by atoms with Crippen molar-refractivity contribution < 1.29 is 33.7 Å². The zero-order valence-electron chi connectivity index (χ0n) is 36.4. The molecule has 2 fully saturated rings. The average molecular weight is 895 g/mol. The normalized spacial score (nSPS) is 14.6. The van der Waals surface area contributed by atoms with Gasteiger partial charge in [0.15, 0.2) is 5.96 Å². The first-order valence-corrected chi connectivity index (χ1v) is 21.6. The van der Waals surface area contributed by atoms with E-state index in [0.717, 1.165) is 18.5 Å². The lowest BCUT2D eigenvalue weighted by molar-refractivity contribution is -0.137. The number of terminal acetylenes is 1. The molecule has 1 unspecified atom stereocenters. The molecule has 0 aromatic carbocycles. The fraction of sp³-hybridized carbons (Fsp3) is 0.667.